The van der Waals surface area contributed by atoms with Crippen LogP contribution in [-0.2, 0) is 0 Å². The highest BCUT2D eigenvalue weighted by Crippen LogP contribution is 2.52. The van der Waals surface area contributed by atoms with Gasteiger partial charge in [-0.15, -0.1) is 0 Å². The first-order chi connectivity index (χ1) is 21.3. The van der Waals surface area contributed by atoms with E-state index in [1.165, 1.54) is 27.6 Å². The highest BCUT2D eigenvalue weighted by Gasteiger charge is 2.28. The van der Waals surface area contributed by atoms with Gasteiger partial charge in [0.2, 0.25) is 5.71 Å². The maximum Gasteiger partial charge on any atom is 0.227 e. The Morgan fingerprint density at radius 2 is 1.19 bits per heavy atom. The van der Waals surface area contributed by atoms with Gasteiger partial charge in [0.1, 0.15) is 16.7 Å². The number of furan rings is 2. The fourth-order valence-electron chi connectivity index (χ4n) is 6.97. The molecule has 0 atom stereocenters. The maximum absolute atomic E-state index is 6.57. The molecule has 0 saturated carbocycles. The lowest BCUT2D eigenvalue weighted by atomic mass is 9.99. The number of rotatable bonds is 3. The highest BCUT2D eigenvalue weighted by molar-refractivity contribution is 6.21. The molecule has 1 aliphatic rings. The number of anilines is 3. The largest absolute Gasteiger partial charge is 0.452 e. The fraction of sp³-hybridized carbons (Fsp3) is 0. The van der Waals surface area contributed by atoms with E-state index in [9.17, 15) is 0 Å². The van der Waals surface area contributed by atoms with E-state index in [1.807, 2.05) is 48.7 Å². The summed E-state index contributed by atoms with van der Waals surface area (Å²) in [5.74, 6) is 0. The van der Waals surface area contributed by atoms with Crippen LogP contribution in [0.4, 0.5) is 17.1 Å². The van der Waals surface area contributed by atoms with E-state index in [0.717, 1.165) is 60.9 Å². The van der Waals surface area contributed by atoms with Crippen molar-refractivity contribution in [3.8, 4) is 22.3 Å². The fourth-order valence-corrected chi connectivity index (χ4v) is 6.97. The first kappa shape index (κ1) is 22.7. The molecule has 0 amide bonds. The Kier molecular flexibility index (Phi) is 4.39. The zero-order valence-corrected chi connectivity index (χ0v) is 22.8. The van der Waals surface area contributed by atoms with Gasteiger partial charge in [-0.2, -0.15) is 0 Å². The Balaban J connectivity index is 1.36. The van der Waals surface area contributed by atoms with Crippen molar-refractivity contribution in [1.82, 2.24) is 9.97 Å². The predicted octanol–water partition coefficient (Wildman–Crippen LogP) is 10.5. The first-order valence-electron chi connectivity index (χ1n) is 14.3. The predicted molar refractivity (Wildman–Crippen MR) is 173 cm³/mol. The van der Waals surface area contributed by atoms with E-state index < -0.39 is 0 Å². The summed E-state index contributed by atoms with van der Waals surface area (Å²) in [6.07, 6.45) is 3.64. The molecule has 0 N–H and O–H groups in total. The first-order valence-corrected chi connectivity index (χ1v) is 14.3. The normalized spacial score (nSPS) is 12.2. The van der Waals surface area contributed by atoms with Gasteiger partial charge in [-0.25, -0.2) is 4.98 Å². The van der Waals surface area contributed by atoms with Crippen LogP contribution in [0.15, 0.2) is 136 Å². The molecule has 0 bridgehead atoms. The smallest absolute Gasteiger partial charge is 0.227 e. The Morgan fingerprint density at radius 1 is 0.442 bits per heavy atom. The molecule has 0 radical (unpaired) electrons. The summed E-state index contributed by atoms with van der Waals surface area (Å²) in [5.41, 5.74) is 11.8. The summed E-state index contributed by atoms with van der Waals surface area (Å²) >= 11 is 0. The van der Waals surface area contributed by atoms with E-state index in [0.29, 0.717) is 5.71 Å². The van der Waals surface area contributed by atoms with E-state index in [2.05, 4.69) is 82.7 Å². The minimum atomic E-state index is 0.615. The Morgan fingerprint density at radius 3 is 2.12 bits per heavy atom. The molecule has 0 saturated heterocycles. The van der Waals surface area contributed by atoms with Crippen LogP contribution >= 0.6 is 0 Å². The molecular weight excluding hydrogens is 530 g/mol. The Bertz CT molecular complexity index is 2560. The van der Waals surface area contributed by atoms with Crippen LogP contribution in [0.1, 0.15) is 0 Å². The van der Waals surface area contributed by atoms with Gasteiger partial charge in [0.25, 0.3) is 0 Å². The van der Waals surface area contributed by atoms with Crippen molar-refractivity contribution in [2.24, 2.45) is 0 Å². The van der Waals surface area contributed by atoms with Gasteiger partial charge in [-0.05, 0) is 76.2 Å². The van der Waals surface area contributed by atoms with E-state index >= 15 is 0 Å². The van der Waals surface area contributed by atoms with E-state index in [4.69, 9.17) is 13.8 Å². The van der Waals surface area contributed by atoms with Gasteiger partial charge in [-0.1, -0.05) is 66.7 Å². The lowest BCUT2D eigenvalue weighted by molar-refractivity contribution is 0.654. The molecule has 4 heterocycles. The average Bonchev–Trinajstić information content (AvgIpc) is 3.74. The number of aromatic nitrogens is 2. The molecule has 0 unspecified atom stereocenters. The van der Waals surface area contributed by atoms with Crippen LogP contribution in [0.5, 0.6) is 0 Å². The standard InChI is InChI=1S/C38H21N3O2/c1-2-9-23-22(8-1)24-11-5-12-26-29(18-17-25(23)34(24)26)41(30-14-6-16-33-35(30)28-13-7-20-40-38(28)43-33)31-19-21-39-36-27-10-3-4-15-32(27)42-37(31)36/h1-21H. The zero-order valence-electron chi connectivity index (χ0n) is 22.8. The van der Waals surface area contributed by atoms with E-state index in [1.54, 1.807) is 6.20 Å². The minimum absolute atomic E-state index is 0.615. The summed E-state index contributed by atoms with van der Waals surface area (Å²) in [6.45, 7) is 0. The molecule has 4 aromatic heterocycles. The highest BCUT2D eigenvalue weighted by atomic mass is 16.3. The number of nitrogens with zero attached hydrogens (tertiary/aromatic N) is 3. The van der Waals surface area contributed by atoms with Gasteiger partial charge < -0.3 is 13.7 Å². The second-order valence-electron chi connectivity index (χ2n) is 11.0. The third-order valence-corrected chi connectivity index (χ3v) is 8.74. The van der Waals surface area contributed by atoms with Crippen LogP contribution in [-0.4, -0.2) is 9.97 Å². The number of pyridine rings is 2. The second-order valence-corrected chi connectivity index (χ2v) is 11.0. The van der Waals surface area contributed by atoms with Gasteiger partial charge in [0.05, 0.1) is 27.8 Å². The number of para-hydroxylation sites is 1. The molecule has 5 nitrogen and oxygen atoms in total. The van der Waals surface area contributed by atoms with Crippen LogP contribution in [0.3, 0.4) is 0 Å². The Hall–Kier alpha value is -5.94. The van der Waals surface area contributed by atoms with Gasteiger partial charge in [0, 0.05) is 23.2 Å². The molecule has 1 aliphatic carbocycles. The molecule has 10 rings (SSSR count). The third-order valence-electron chi connectivity index (χ3n) is 8.74. The van der Waals surface area contributed by atoms with E-state index in [-0.39, 0.29) is 0 Å². The molecule has 5 aromatic carbocycles. The Labute approximate surface area is 245 Å². The molecule has 0 aliphatic heterocycles. The topological polar surface area (TPSA) is 55.3 Å². The lowest BCUT2D eigenvalue weighted by Crippen LogP contribution is -2.11. The van der Waals surface area contributed by atoms with Crippen molar-refractivity contribution >= 4 is 72.0 Å². The number of fused-ring (bicyclic) bond motifs is 9. The second kappa shape index (κ2) is 8.30. The van der Waals surface area contributed by atoms with Gasteiger partial charge in [0.15, 0.2) is 5.58 Å². The summed E-state index contributed by atoms with van der Waals surface area (Å²) in [6, 6.07) is 40.1. The van der Waals surface area contributed by atoms with Crippen LogP contribution < -0.4 is 4.90 Å². The van der Waals surface area contributed by atoms with Crippen molar-refractivity contribution in [2.45, 2.75) is 0 Å². The molecule has 9 aromatic rings. The summed E-state index contributed by atoms with van der Waals surface area (Å²) in [7, 11) is 0. The number of hydrogen-bond acceptors (Lipinski definition) is 5. The summed E-state index contributed by atoms with van der Waals surface area (Å²) in [4.78, 5) is 11.6. The molecule has 43 heavy (non-hydrogen) atoms. The van der Waals surface area contributed by atoms with Crippen molar-refractivity contribution in [1.29, 1.82) is 0 Å². The van der Waals surface area contributed by atoms with Gasteiger partial charge in [-0.3, -0.25) is 4.98 Å². The number of hydrogen-bond donors (Lipinski definition) is 0. The van der Waals surface area contributed by atoms with Crippen molar-refractivity contribution in [2.75, 3.05) is 4.90 Å². The van der Waals surface area contributed by atoms with Crippen LogP contribution in [0.2, 0.25) is 0 Å². The number of benzene rings is 5. The molecular formula is C38H21N3O2. The van der Waals surface area contributed by atoms with Gasteiger partial charge >= 0.3 is 0 Å². The van der Waals surface area contributed by atoms with Crippen molar-refractivity contribution < 1.29 is 8.83 Å². The zero-order chi connectivity index (χ0) is 28.1. The SMILES string of the molecule is c1ccc2c(c1)-c1cccc3c(N(c4ccnc5c4oc4ccccc45)c4cccc5oc6ncccc6c45)ccc-2c13. The van der Waals surface area contributed by atoms with Crippen molar-refractivity contribution in [3.63, 3.8) is 0 Å². The van der Waals surface area contributed by atoms with Crippen LogP contribution in [0, 0.1) is 0 Å². The lowest BCUT2D eigenvalue weighted by Gasteiger charge is -2.27. The quantitative estimate of drug-likeness (QED) is 0.219. The minimum Gasteiger partial charge on any atom is -0.452 e. The average molecular weight is 552 g/mol. The summed E-state index contributed by atoms with van der Waals surface area (Å²) < 4.78 is 12.8. The van der Waals surface area contributed by atoms with Crippen molar-refractivity contribution in [3.05, 3.63) is 128 Å². The monoisotopic (exact) mass is 551 g/mol. The molecule has 0 spiro atoms. The summed E-state index contributed by atoms with van der Waals surface area (Å²) in [5, 5.41) is 5.37. The molecule has 5 heteroatoms. The molecule has 200 valence electrons. The molecule has 0 fully saturated rings. The van der Waals surface area contributed by atoms with Crippen LogP contribution in [0.25, 0.3) is 77.2 Å². The third kappa shape index (κ3) is 3.00. The maximum atomic E-state index is 6.57.